The lowest BCUT2D eigenvalue weighted by molar-refractivity contribution is -0.161. The predicted octanol–water partition coefficient (Wildman–Crippen LogP) is -2.34. The fourth-order valence-electron chi connectivity index (χ4n) is 2.18. The van der Waals surface area contributed by atoms with Crippen LogP contribution in [0.15, 0.2) is 21.3 Å². The molecule has 14 nitrogen and oxygen atoms in total. The van der Waals surface area contributed by atoms with Gasteiger partial charge in [0.2, 0.25) is 5.60 Å². The average molecular weight is 451 g/mol. The summed E-state index contributed by atoms with van der Waals surface area (Å²) in [4.78, 5) is 44.2. The lowest BCUT2D eigenvalue weighted by Crippen LogP contribution is -2.71. The third-order valence-electron chi connectivity index (χ3n) is 3.86. The topological polar surface area (TPSA) is 218 Å². The molecule has 5 N–H and O–H groups in total. The number of aliphatic carboxylic acids is 1. The lowest BCUT2D eigenvalue weighted by atomic mass is 10.0. The number of carbonyl (C=O) groups is 3. The molecule has 0 radical (unpaired) electrons. The largest absolute Gasteiger partial charge is 0.478 e. The second kappa shape index (κ2) is 7.53. The van der Waals surface area contributed by atoms with Gasteiger partial charge in [-0.1, -0.05) is 5.16 Å². The smallest absolute Gasteiger partial charge is 0.362 e. The van der Waals surface area contributed by atoms with Crippen molar-refractivity contribution >= 4 is 49.8 Å². The Morgan fingerprint density at radius 3 is 2.45 bits per heavy atom. The van der Waals surface area contributed by atoms with Crippen molar-refractivity contribution in [2.24, 2.45) is 15.9 Å². The molecule has 2 rings (SSSR count). The number of rotatable bonds is 7. The second-order valence-electron chi connectivity index (χ2n) is 6.40. The third kappa shape index (κ3) is 4.43. The Kier molecular flexibility index (Phi) is 5.82. The van der Waals surface area contributed by atoms with Crippen LogP contribution in [0.5, 0.6) is 0 Å². The highest BCUT2D eigenvalue weighted by Crippen LogP contribution is 2.23. The molecular weight excluding hydrogens is 434 g/mol. The van der Waals surface area contributed by atoms with Crippen LogP contribution in [0.1, 0.15) is 20.8 Å². The van der Waals surface area contributed by atoms with Gasteiger partial charge in [0.1, 0.15) is 22.5 Å². The molecule has 0 saturated carbocycles. The number of nitrogens with zero attached hydrogens (tertiary/aromatic N) is 3. The average Bonchev–Trinajstić information content (AvgIpc) is 2.90. The zero-order chi connectivity index (χ0) is 22.3. The van der Waals surface area contributed by atoms with E-state index in [2.05, 4.69) is 15.5 Å². The lowest BCUT2D eigenvalue weighted by Gasteiger charge is -2.42. The molecule has 1 saturated heterocycles. The van der Waals surface area contributed by atoms with Crippen LogP contribution in [0, 0.1) is 0 Å². The number of carboxylic acid groups (broad SMARTS) is 1. The fourth-order valence-corrected chi connectivity index (χ4v) is 3.74. The summed E-state index contributed by atoms with van der Waals surface area (Å²) in [5.74, 6) is -3.61. The molecule has 160 valence electrons. The summed E-state index contributed by atoms with van der Waals surface area (Å²) in [5, 5.41) is 15.3. The molecule has 2 aliphatic heterocycles. The minimum Gasteiger partial charge on any atom is -0.478 e. The van der Waals surface area contributed by atoms with Crippen LogP contribution in [-0.2, 0) is 40.3 Å². The van der Waals surface area contributed by atoms with E-state index in [1.54, 1.807) is 0 Å². The van der Waals surface area contributed by atoms with E-state index in [4.69, 9.17) is 20.2 Å². The number of hydrogen-bond donors (Lipinski definition) is 4. The highest BCUT2D eigenvalue weighted by Gasteiger charge is 2.51. The van der Waals surface area contributed by atoms with Crippen LogP contribution in [-0.4, -0.2) is 72.9 Å². The summed E-state index contributed by atoms with van der Waals surface area (Å²) < 4.78 is 43.1. The first-order valence-electron chi connectivity index (χ1n) is 7.75. The van der Waals surface area contributed by atoms with Gasteiger partial charge in [0.05, 0.1) is 6.04 Å². The van der Waals surface area contributed by atoms with Gasteiger partial charge in [-0.2, -0.15) is 8.42 Å². The van der Waals surface area contributed by atoms with E-state index < -0.39 is 62.3 Å². The van der Waals surface area contributed by atoms with Crippen LogP contribution < -0.4 is 11.1 Å². The van der Waals surface area contributed by atoms with Crippen molar-refractivity contribution in [1.29, 1.82) is 0 Å². The Morgan fingerprint density at radius 1 is 1.45 bits per heavy atom. The fraction of sp³-hybridized carbons (Fsp3) is 0.462. The Labute approximate surface area is 166 Å². The SMILES string of the molecule is C[C@H]1[C@H](NC(=O)/C(=N\OC(C)(C)C(=O)O)C2=CS(=O)C(N)=N2)C(=O)N1S(=O)(=O)O. The van der Waals surface area contributed by atoms with Crippen molar-refractivity contribution < 1.29 is 41.5 Å². The number of aliphatic imine (C=N–C) groups is 1. The number of oxime groups is 1. The molecule has 16 heteroatoms. The zero-order valence-corrected chi connectivity index (χ0v) is 16.9. The molecule has 0 spiro atoms. The monoisotopic (exact) mass is 451 g/mol. The van der Waals surface area contributed by atoms with Gasteiger partial charge in [0.15, 0.2) is 10.9 Å². The third-order valence-corrected chi connectivity index (χ3v) is 5.81. The van der Waals surface area contributed by atoms with E-state index in [-0.39, 0.29) is 15.2 Å². The highest BCUT2D eigenvalue weighted by molar-refractivity contribution is 8.03. The Bertz CT molecular complexity index is 998. The molecule has 3 atom stereocenters. The van der Waals surface area contributed by atoms with E-state index in [1.807, 2.05) is 0 Å². The number of carboxylic acids is 1. The number of amides is 2. The van der Waals surface area contributed by atoms with Gasteiger partial charge < -0.3 is 21.0 Å². The summed E-state index contributed by atoms with van der Waals surface area (Å²) in [6.45, 7) is 3.55. The number of hydrogen-bond acceptors (Lipinski definition) is 10. The van der Waals surface area contributed by atoms with Crippen molar-refractivity contribution in [1.82, 2.24) is 9.62 Å². The van der Waals surface area contributed by atoms with Crippen molar-refractivity contribution in [2.75, 3.05) is 0 Å². The van der Waals surface area contributed by atoms with E-state index in [0.29, 0.717) is 0 Å². The van der Waals surface area contributed by atoms with Crippen molar-refractivity contribution in [3.63, 3.8) is 0 Å². The van der Waals surface area contributed by atoms with Crippen molar-refractivity contribution in [3.05, 3.63) is 11.1 Å². The van der Waals surface area contributed by atoms with E-state index in [1.165, 1.54) is 6.92 Å². The molecule has 29 heavy (non-hydrogen) atoms. The van der Waals surface area contributed by atoms with E-state index >= 15 is 0 Å². The highest BCUT2D eigenvalue weighted by atomic mass is 32.2. The van der Waals surface area contributed by atoms with Gasteiger partial charge in [-0.15, -0.1) is 0 Å². The number of β-lactam (4-membered cyclic amide) rings is 1. The molecule has 0 aromatic rings. The van der Waals surface area contributed by atoms with Crippen molar-refractivity contribution in [2.45, 2.75) is 38.5 Å². The maximum Gasteiger partial charge on any atom is 0.362 e. The van der Waals surface area contributed by atoms with Crippen LogP contribution >= 0.6 is 0 Å². The molecule has 0 aliphatic carbocycles. The first-order valence-corrected chi connectivity index (χ1v) is 10.4. The predicted molar refractivity (Wildman–Crippen MR) is 97.9 cm³/mol. The van der Waals surface area contributed by atoms with Crippen molar-refractivity contribution in [3.8, 4) is 0 Å². The van der Waals surface area contributed by atoms with E-state index in [9.17, 15) is 27.0 Å². The summed E-state index contributed by atoms with van der Waals surface area (Å²) >= 11 is 0. The molecule has 2 aliphatic rings. The van der Waals surface area contributed by atoms with Gasteiger partial charge in [-0.3, -0.25) is 14.1 Å². The maximum absolute atomic E-state index is 12.6. The molecule has 1 unspecified atom stereocenters. The molecule has 2 heterocycles. The van der Waals surface area contributed by atoms with Gasteiger partial charge in [-0.05, 0) is 20.8 Å². The molecule has 2 amide bonds. The van der Waals surface area contributed by atoms with Gasteiger partial charge in [0, 0.05) is 5.41 Å². The van der Waals surface area contributed by atoms with Gasteiger partial charge in [0.25, 0.3) is 11.8 Å². The maximum atomic E-state index is 12.6. The second-order valence-corrected chi connectivity index (χ2v) is 8.94. The van der Waals surface area contributed by atoms with Crippen LogP contribution in [0.3, 0.4) is 0 Å². The molecule has 0 aromatic carbocycles. The minimum atomic E-state index is -4.80. The molecule has 0 bridgehead atoms. The standard InChI is InChI=1S/C13H17N5O9S2/c1-5-7(10(20)18(5)29(24,25)26)16-9(19)8(6-4-28(23)12(14)15-6)17-27-13(2,3)11(21)22/h4-5,7H,1-3H3,(H2,14,15)(H,16,19)(H,21,22)(H,24,25,26)/b17-8-/t5-,7-,28?/m0/s1. The summed E-state index contributed by atoms with van der Waals surface area (Å²) in [6, 6.07) is -2.45. The van der Waals surface area contributed by atoms with Gasteiger partial charge >= 0.3 is 16.3 Å². The summed E-state index contributed by atoms with van der Waals surface area (Å²) in [6.07, 6.45) is 0. The molecule has 1 fully saturated rings. The van der Waals surface area contributed by atoms with Gasteiger partial charge in [-0.25, -0.2) is 18.3 Å². The Hall–Kier alpha value is -2.85. The van der Waals surface area contributed by atoms with Crippen LogP contribution in [0.4, 0.5) is 0 Å². The van der Waals surface area contributed by atoms with E-state index in [0.717, 1.165) is 19.3 Å². The summed E-state index contributed by atoms with van der Waals surface area (Å²) in [5.41, 5.74) is 2.62. The molecular formula is C13H17N5O9S2. The number of nitrogens with two attached hydrogens (primary N) is 1. The number of carbonyl (C=O) groups excluding carboxylic acids is 2. The first-order chi connectivity index (χ1) is 13.2. The Balaban J connectivity index is 2.29. The first kappa shape index (κ1) is 22.4. The normalized spacial score (nSPS) is 25.1. The minimum absolute atomic E-state index is 0.166. The molecule has 0 aromatic heterocycles. The number of nitrogens with one attached hydrogen (secondary N) is 1. The number of amidine groups is 1. The van der Waals surface area contributed by atoms with Crippen LogP contribution in [0.2, 0.25) is 0 Å². The van der Waals surface area contributed by atoms with Crippen LogP contribution in [0.25, 0.3) is 0 Å². The zero-order valence-electron chi connectivity index (χ0n) is 15.2. The quantitative estimate of drug-likeness (QED) is 0.140. The summed E-state index contributed by atoms with van der Waals surface area (Å²) in [7, 11) is -6.66. The Morgan fingerprint density at radius 2 is 2.03 bits per heavy atom.